The van der Waals surface area contributed by atoms with Gasteiger partial charge in [0.15, 0.2) is 0 Å². The molecule has 2 aromatic rings. The number of benzene rings is 1. The number of rotatable bonds is 1. The summed E-state index contributed by atoms with van der Waals surface area (Å²) < 4.78 is 11.7. The van der Waals surface area contributed by atoms with Crippen molar-refractivity contribution in [3.63, 3.8) is 0 Å². The highest BCUT2D eigenvalue weighted by atomic mass is 16.5. The van der Waals surface area contributed by atoms with Crippen molar-refractivity contribution in [3.8, 4) is 5.75 Å². The molecule has 0 spiro atoms. The van der Waals surface area contributed by atoms with Crippen molar-refractivity contribution in [1.29, 1.82) is 0 Å². The number of fused-ring (bicyclic) bond motifs is 3. The van der Waals surface area contributed by atoms with E-state index in [1.165, 1.54) is 11.7 Å². The van der Waals surface area contributed by atoms with E-state index in [-0.39, 0.29) is 16.6 Å². The molecule has 1 aromatic carbocycles. The number of carbonyl (C=O) groups excluding carboxylic acids is 1. The Hall–Kier alpha value is -2.24. The molecule has 20 heavy (non-hydrogen) atoms. The van der Waals surface area contributed by atoms with Gasteiger partial charge in [0.2, 0.25) is 0 Å². The van der Waals surface area contributed by atoms with Gasteiger partial charge in [-0.05, 0) is 12.1 Å². The third-order valence-electron chi connectivity index (χ3n) is 3.64. The van der Waals surface area contributed by atoms with E-state index >= 15 is 0 Å². The fourth-order valence-electron chi connectivity index (χ4n) is 2.64. The molecule has 6 heteroatoms. The van der Waals surface area contributed by atoms with Crippen molar-refractivity contribution in [2.75, 3.05) is 13.7 Å². The molecule has 3 rings (SSSR count). The molecule has 2 radical (unpaired) electrons. The van der Waals surface area contributed by atoms with Gasteiger partial charge in [-0.2, -0.15) is 0 Å². The highest BCUT2D eigenvalue weighted by molar-refractivity contribution is 6.42. The van der Waals surface area contributed by atoms with Crippen molar-refractivity contribution >= 4 is 30.2 Å². The van der Waals surface area contributed by atoms with E-state index < -0.39 is 5.97 Å². The summed E-state index contributed by atoms with van der Waals surface area (Å²) in [5, 5.41) is 0.741. The summed E-state index contributed by atoms with van der Waals surface area (Å²) >= 11 is 0. The van der Waals surface area contributed by atoms with Crippen molar-refractivity contribution in [1.82, 2.24) is 4.57 Å². The molecule has 0 amide bonds. The molecule has 0 atom stereocenters. The molecule has 1 aromatic heterocycles. The minimum atomic E-state index is -0.529. The SMILES string of the molecule is [B]c1c(C(=O)OC)ccc2c3c(c(=O)n(C)c12)CCO3. The summed E-state index contributed by atoms with van der Waals surface area (Å²) in [6, 6.07) is 3.33. The van der Waals surface area contributed by atoms with Crippen molar-refractivity contribution in [2.45, 2.75) is 6.42 Å². The van der Waals surface area contributed by atoms with Gasteiger partial charge < -0.3 is 14.0 Å². The fourth-order valence-corrected chi connectivity index (χ4v) is 2.64. The second-order valence-electron chi connectivity index (χ2n) is 4.68. The average molecular weight is 269 g/mol. The summed E-state index contributed by atoms with van der Waals surface area (Å²) in [6.45, 7) is 0.488. The predicted molar refractivity (Wildman–Crippen MR) is 75.1 cm³/mol. The molecule has 0 fully saturated rings. The number of nitrogens with zero attached hydrogens (tertiary/aromatic N) is 1. The third-order valence-corrected chi connectivity index (χ3v) is 3.64. The van der Waals surface area contributed by atoms with Gasteiger partial charge in [0, 0.05) is 24.4 Å². The summed E-state index contributed by atoms with van der Waals surface area (Å²) in [7, 11) is 8.97. The first-order valence-corrected chi connectivity index (χ1v) is 6.21. The van der Waals surface area contributed by atoms with E-state index in [0.29, 0.717) is 29.9 Å². The van der Waals surface area contributed by atoms with Crippen LogP contribution in [0.15, 0.2) is 16.9 Å². The van der Waals surface area contributed by atoms with Crippen LogP contribution in [0.2, 0.25) is 0 Å². The Morgan fingerprint density at radius 3 is 2.90 bits per heavy atom. The first-order chi connectivity index (χ1) is 9.56. The molecule has 5 nitrogen and oxygen atoms in total. The lowest BCUT2D eigenvalue weighted by molar-refractivity contribution is 0.0602. The summed E-state index contributed by atoms with van der Waals surface area (Å²) in [4.78, 5) is 24.0. The first-order valence-electron chi connectivity index (χ1n) is 6.21. The Balaban J connectivity index is 2.45. The van der Waals surface area contributed by atoms with Crippen molar-refractivity contribution in [3.05, 3.63) is 33.6 Å². The van der Waals surface area contributed by atoms with Crippen molar-refractivity contribution in [2.24, 2.45) is 7.05 Å². The van der Waals surface area contributed by atoms with Crippen LogP contribution in [0.4, 0.5) is 0 Å². The zero-order chi connectivity index (χ0) is 14.4. The van der Waals surface area contributed by atoms with Crippen LogP contribution in [0.3, 0.4) is 0 Å². The molecule has 1 aliphatic heterocycles. The topological polar surface area (TPSA) is 57.5 Å². The minimum absolute atomic E-state index is 0.140. The Kier molecular flexibility index (Phi) is 2.81. The largest absolute Gasteiger partial charge is 0.492 e. The summed E-state index contributed by atoms with van der Waals surface area (Å²) in [5.74, 6) is 0.0458. The predicted octanol–water partition coefficient (Wildman–Crippen LogP) is 0.0538. The Morgan fingerprint density at radius 1 is 1.45 bits per heavy atom. The summed E-state index contributed by atoms with van der Waals surface area (Å²) in [5.41, 5.74) is 1.49. The van der Waals surface area contributed by atoms with E-state index in [4.69, 9.17) is 17.3 Å². The van der Waals surface area contributed by atoms with Crippen LogP contribution in [0.1, 0.15) is 15.9 Å². The third kappa shape index (κ3) is 1.57. The van der Waals surface area contributed by atoms with Gasteiger partial charge in [-0.15, -0.1) is 0 Å². The van der Waals surface area contributed by atoms with Crippen LogP contribution in [0.25, 0.3) is 10.9 Å². The van der Waals surface area contributed by atoms with Gasteiger partial charge in [0.05, 0.1) is 24.8 Å². The molecule has 0 saturated heterocycles. The quantitative estimate of drug-likeness (QED) is 0.542. The Morgan fingerprint density at radius 2 is 2.20 bits per heavy atom. The molecule has 0 N–H and O–H groups in total. The Bertz CT molecular complexity index is 794. The standard InChI is InChI=1S/C14H12BNO4/c1-16-11-8(12-9(13(16)17)5-6-20-12)4-3-7(10(11)15)14(18)19-2/h3-4H,5-6H2,1-2H3. The van der Waals surface area contributed by atoms with Gasteiger partial charge in [0.1, 0.15) is 13.6 Å². The van der Waals surface area contributed by atoms with Gasteiger partial charge in [-0.3, -0.25) is 4.79 Å². The second kappa shape index (κ2) is 4.40. The molecule has 100 valence electrons. The second-order valence-corrected chi connectivity index (χ2v) is 4.68. The lowest BCUT2D eigenvalue weighted by atomic mass is 9.87. The lowest BCUT2D eigenvalue weighted by Gasteiger charge is -2.14. The maximum absolute atomic E-state index is 12.3. The fraction of sp³-hybridized carbons (Fsp3) is 0.286. The van der Waals surface area contributed by atoms with Gasteiger partial charge in [-0.1, -0.05) is 5.46 Å². The number of carbonyl (C=O) groups is 1. The van der Waals surface area contributed by atoms with Gasteiger partial charge in [-0.25, -0.2) is 4.79 Å². The number of aryl methyl sites for hydroxylation is 1. The van der Waals surface area contributed by atoms with Gasteiger partial charge in [0.25, 0.3) is 5.56 Å². The molecule has 0 unspecified atom stereocenters. The average Bonchev–Trinajstić information content (AvgIpc) is 2.93. The molecular weight excluding hydrogens is 257 g/mol. The maximum Gasteiger partial charge on any atom is 0.337 e. The smallest absolute Gasteiger partial charge is 0.337 e. The highest BCUT2D eigenvalue weighted by Gasteiger charge is 2.23. The number of ether oxygens (including phenoxy) is 2. The minimum Gasteiger partial charge on any atom is -0.492 e. The number of esters is 1. The van der Waals surface area contributed by atoms with E-state index in [9.17, 15) is 9.59 Å². The zero-order valence-electron chi connectivity index (χ0n) is 11.2. The molecule has 0 bridgehead atoms. The normalized spacial score (nSPS) is 13.1. The van der Waals surface area contributed by atoms with E-state index in [1.54, 1.807) is 19.2 Å². The van der Waals surface area contributed by atoms with Crippen LogP contribution >= 0.6 is 0 Å². The van der Waals surface area contributed by atoms with Crippen LogP contribution < -0.4 is 15.8 Å². The first kappa shape index (κ1) is 12.8. The van der Waals surface area contributed by atoms with Crippen LogP contribution in [-0.4, -0.2) is 32.1 Å². The zero-order valence-corrected chi connectivity index (χ0v) is 11.2. The number of methoxy groups -OCH3 is 1. The van der Waals surface area contributed by atoms with Crippen LogP contribution in [-0.2, 0) is 18.2 Å². The maximum atomic E-state index is 12.3. The van der Waals surface area contributed by atoms with E-state index in [2.05, 4.69) is 0 Å². The number of aromatic nitrogens is 1. The molecule has 0 saturated carbocycles. The van der Waals surface area contributed by atoms with E-state index in [1.807, 2.05) is 0 Å². The van der Waals surface area contributed by atoms with Crippen molar-refractivity contribution < 1.29 is 14.3 Å². The number of hydrogen-bond donors (Lipinski definition) is 0. The van der Waals surface area contributed by atoms with Gasteiger partial charge >= 0.3 is 5.97 Å². The van der Waals surface area contributed by atoms with Crippen LogP contribution in [0, 0.1) is 0 Å². The number of pyridine rings is 1. The molecule has 2 heterocycles. The Labute approximate surface area is 116 Å². The lowest BCUT2D eigenvalue weighted by Crippen LogP contribution is -2.27. The van der Waals surface area contributed by atoms with E-state index in [0.717, 1.165) is 5.39 Å². The summed E-state index contributed by atoms with van der Waals surface area (Å²) in [6.07, 6.45) is 0.594. The molecule has 1 aliphatic rings. The molecular formula is C14H12BNO4. The number of hydrogen-bond acceptors (Lipinski definition) is 4. The molecule has 0 aliphatic carbocycles. The highest BCUT2D eigenvalue weighted by Crippen LogP contribution is 2.30. The monoisotopic (exact) mass is 269 g/mol. The van der Waals surface area contributed by atoms with Crippen LogP contribution in [0.5, 0.6) is 5.75 Å².